The Bertz CT molecular complexity index is 658. The fourth-order valence-corrected chi connectivity index (χ4v) is 5.24. The van der Waals surface area contributed by atoms with Crippen LogP contribution in [0.25, 0.3) is 0 Å². The van der Waals surface area contributed by atoms with Crippen LogP contribution in [0.4, 0.5) is 0 Å². The van der Waals surface area contributed by atoms with E-state index in [1.165, 1.54) is 19.3 Å². The maximum absolute atomic E-state index is 12.8. The monoisotopic (exact) mass is 389 g/mol. The molecule has 0 aromatic carbocycles. The second-order valence-corrected chi connectivity index (χ2v) is 9.46. The van der Waals surface area contributed by atoms with Crippen LogP contribution in [-0.4, -0.2) is 46.2 Å². The van der Waals surface area contributed by atoms with Crippen molar-refractivity contribution in [1.29, 1.82) is 0 Å². The van der Waals surface area contributed by atoms with Crippen LogP contribution in [0.5, 0.6) is 0 Å². The maximum atomic E-state index is 12.8. The summed E-state index contributed by atoms with van der Waals surface area (Å²) in [5, 5.41) is 4.17. The molecule has 1 saturated carbocycles. The molecule has 156 valence electrons. The molecule has 2 saturated heterocycles. The van der Waals surface area contributed by atoms with E-state index in [2.05, 4.69) is 28.9 Å². The van der Waals surface area contributed by atoms with E-state index >= 15 is 0 Å². The minimum absolute atomic E-state index is 0.0587. The molecule has 3 aliphatic rings. The number of hydrogen-bond acceptors (Lipinski definition) is 5. The third kappa shape index (κ3) is 4.42. The van der Waals surface area contributed by atoms with Crippen LogP contribution >= 0.6 is 0 Å². The van der Waals surface area contributed by atoms with Crippen molar-refractivity contribution < 1.29 is 14.1 Å². The van der Waals surface area contributed by atoms with Gasteiger partial charge in [-0.1, -0.05) is 38.3 Å². The van der Waals surface area contributed by atoms with E-state index in [1.54, 1.807) is 0 Å². The van der Waals surface area contributed by atoms with Crippen molar-refractivity contribution in [3.05, 3.63) is 11.7 Å². The lowest BCUT2D eigenvalue weighted by Crippen LogP contribution is -2.52. The standard InChI is InChI=1S/C22H35N3O3/c1-16(2)20-23-19(24-28-20)14-17-8-13-27-22(15-17)9-11-25(12-10-22)21(26)18-6-4-3-5-7-18/h16-18H,3-15H2,1-2H3. The first-order chi connectivity index (χ1) is 13.5. The number of carbonyl (C=O) groups excluding carboxylic acids is 1. The van der Waals surface area contributed by atoms with Gasteiger partial charge in [-0.05, 0) is 44.4 Å². The number of amides is 1. The van der Waals surface area contributed by atoms with Crippen LogP contribution < -0.4 is 0 Å². The number of carbonyl (C=O) groups is 1. The number of rotatable bonds is 4. The fraction of sp³-hybridized carbons (Fsp3) is 0.864. The summed E-state index contributed by atoms with van der Waals surface area (Å²) in [4.78, 5) is 19.5. The van der Waals surface area contributed by atoms with Crippen molar-refractivity contribution in [2.24, 2.45) is 11.8 Å². The molecule has 0 bridgehead atoms. The van der Waals surface area contributed by atoms with Gasteiger partial charge in [0.05, 0.1) is 5.60 Å². The SMILES string of the molecule is CC(C)c1nc(CC2CCOC3(CCN(C(=O)C4CCCCC4)CC3)C2)no1. The third-order valence-electron chi connectivity index (χ3n) is 6.98. The van der Waals surface area contributed by atoms with Gasteiger partial charge in [-0.3, -0.25) is 4.79 Å². The summed E-state index contributed by atoms with van der Waals surface area (Å²) in [5.74, 6) is 3.04. The van der Waals surface area contributed by atoms with Crippen LogP contribution in [0.2, 0.25) is 0 Å². The first-order valence-electron chi connectivity index (χ1n) is 11.3. The van der Waals surface area contributed by atoms with Gasteiger partial charge in [0.1, 0.15) is 0 Å². The van der Waals surface area contributed by atoms with Crippen molar-refractivity contribution in [2.75, 3.05) is 19.7 Å². The minimum Gasteiger partial charge on any atom is -0.375 e. The molecule has 1 aromatic rings. The molecule has 1 unspecified atom stereocenters. The summed E-state index contributed by atoms with van der Waals surface area (Å²) >= 11 is 0. The van der Waals surface area contributed by atoms with Crippen LogP contribution in [0.15, 0.2) is 4.52 Å². The fourth-order valence-electron chi connectivity index (χ4n) is 5.24. The third-order valence-corrected chi connectivity index (χ3v) is 6.98. The summed E-state index contributed by atoms with van der Waals surface area (Å²) in [5.41, 5.74) is -0.0587. The Morgan fingerprint density at radius 2 is 1.93 bits per heavy atom. The highest BCUT2D eigenvalue weighted by Gasteiger charge is 2.42. The van der Waals surface area contributed by atoms with E-state index in [0.29, 0.717) is 11.8 Å². The first kappa shape index (κ1) is 19.9. The van der Waals surface area contributed by atoms with Crippen molar-refractivity contribution in [3.8, 4) is 0 Å². The molecule has 1 aromatic heterocycles. The largest absolute Gasteiger partial charge is 0.375 e. The topological polar surface area (TPSA) is 68.5 Å². The summed E-state index contributed by atoms with van der Waals surface area (Å²) in [6.07, 6.45) is 10.8. The summed E-state index contributed by atoms with van der Waals surface area (Å²) in [6, 6.07) is 0. The minimum atomic E-state index is -0.0587. The zero-order valence-corrected chi connectivity index (χ0v) is 17.5. The molecule has 6 nitrogen and oxygen atoms in total. The van der Waals surface area contributed by atoms with Gasteiger partial charge in [0.25, 0.3) is 0 Å². The maximum Gasteiger partial charge on any atom is 0.229 e. The molecule has 2 aliphatic heterocycles. The van der Waals surface area contributed by atoms with Crippen molar-refractivity contribution >= 4 is 5.91 Å². The summed E-state index contributed by atoms with van der Waals surface area (Å²) in [7, 11) is 0. The van der Waals surface area contributed by atoms with E-state index in [1.807, 2.05) is 0 Å². The number of hydrogen-bond donors (Lipinski definition) is 0. The Hall–Kier alpha value is -1.43. The molecule has 28 heavy (non-hydrogen) atoms. The second-order valence-electron chi connectivity index (χ2n) is 9.46. The Morgan fingerprint density at radius 1 is 1.18 bits per heavy atom. The lowest BCUT2D eigenvalue weighted by molar-refractivity contribution is -0.151. The average molecular weight is 390 g/mol. The zero-order chi connectivity index (χ0) is 19.6. The van der Waals surface area contributed by atoms with Crippen LogP contribution in [0, 0.1) is 11.8 Å². The van der Waals surface area contributed by atoms with E-state index in [0.717, 1.165) is 76.4 Å². The lowest BCUT2D eigenvalue weighted by Gasteiger charge is -2.46. The highest BCUT2D eigenvalue weighted by Crippen LogP contribution is 2.39. The number of nitrogens with zero attached hydrogens (tertiary/aromatic N) is 3. The highest BCUT2D eigenvalue weighted by atomic mass is 16.5. The molecule has 1 amide bonds. The molecular weight excluding hydrogens is 354 g/mol. The normalized spacial score (nSPS) is 26.1. The predicted molar refractivity (Wildman–Crippen MR) is 106 cm³/mol. The first-order valence-corrected chi connectivity index (χ1v) is 11.3. The van der Waals surface area contributed by atoms with E-state index in [9.17, 15) is 4.79 Å². The Labute approximate surface area is 168 Å². The van der Waals surface area contributed by atoms with Crippen molar-refractivity contribution in [2.45, 2.75) is 89.6 Å². The quantitative estimate of drug-likeness (QED) is 0.775. The highest BCUT2D eigenvalue weighted by molar-refractivity contribution is 5.79. The van der Waals surface area contributed by atoms with Crippen molar-refractivity contribution in [3.63, 3.8) is 0 Å². The number of ether oxygens (including phenoxy) is 1. The molecule has 3 fully saturated rings. The number of aromatic nitrogens is 2. The van der Waals surface area contributed by atoms with Gasteiger partial charge in [0.2, 0.25) is 11.8 Å². The Kier molecular flexibility index (Phi) is 6.04. The number of piperidine rings is 1. The van der Waals surface area contributed by atoms with Crippen molar-refractivity contribution in [1.82, 2.24) is 15.0 Å². The van der Waals surface area contributed by atoms with Crippen LogP contribution in [-0.2, 0) is 16.0 Å². The number of likely N-dealkylation sites (tertiary alicyclic amines) is 1. The molecule has 3 heterocycles. The van der Waals surface area contributed by atoms with Gasteiger partial charge in [-0.15, -0.1) is 0 Å². The molecule has 4 rings (SSSR count). The zero-order valence-electron chi connectivity index (χ0n) is 17.5. The Balaban J connectivity index is 1.31. The van der Waals surface area contributed by atoms with Gasteiger partial charge in [-0.2, -0.15) is 4.98 Å². The predicted octanol–water partition coefficient (Wildman–Crippen LogP) is 4.10. The second kappa shape index (κ2) is 8.52. The Morgan fingerprint density at radius 3 is 2.61 bits per heavy atom. The molecule has 6 heteroatoms. The smallest absolute Gasteiger partial charge is 0.229 e. The van der Waals surface area contributed by atoms with E-state index in [-0.39, 0.29) is 17.4 Å². The lowest BCUT2D eigenvalue weighted by atomic mass is 9.78. The van der Waals surface area contributed by atoms with E-state index in [4.69, 9.17) is 9.26 Å². The van der Waals surface area contributed by atoms with Gasteiger partial charge in [0, 0.05) is 38.0 Å². The molecular formula is C22H35N3O3. The van der Waals surface area contributed by atoms with E-state index < -0.39 is 0 Å². The van der Waals surface area contributed by atoms with Crippen LogP contribution in [0.3, 0.4) is 0 Å². The van der Waals surface area contributed by atoms with Gasteiger partial charge in [0.15, 0.2) is 5.82 Å². The van der Waals surface area contributed by atoms with Gasteiger partial charge in [-0.25, -0.2) is 0 Å². The van der Waals surface area contributed by atoms with Crippen LogP contribution in [0.1, 0.15) is 89.3 Å². The summed E-state index contributed by atoms with van der Waals surface area (Å²) in [6.45, 7) is 6.64. The van der Waals surface area contributed by atoms with Gasteiger partial charge < -0.3 is 14.2 Å². The molecule has 0 radical (unpaired) electrons. The van der Waals surface area contributed by atoms with Gasteiger partial charge >= 0.3 is 0 Å². The molecule has 1 atom stereocenters. The summed E-state index contributed by atoms with van der Waals surface area (Å²) < 4.78 is 11.7. The molecule has 0 N–H and O–H groups in total. The molecule has 1 spiro atoms. The average Bonchev–Trinajstić information content (AvgIpc) is 3.18. The molecule has 1 aliphatic carbocycles.